The van der Waals surface area contributed by atoms with Crippen molar-refractivity contribution in [1.29, 1.82) is 0 Å². The number of ether oxygens (including phenoxy) is 2. The number of nitrogens with one attached hydrogen (secondary N) is 1. The molecule has 31 heavy (non-hydrogen) atoms. The highest BCUT2D eigenvalue weighted by molar-refractivity contribution is 6.31. The van der Waals surface area contributed by atoms with E-state index < -0.39 is 0 Å². The molecular weight excluding hydrogens is 412 g/mol. The van der Waals surface area contributed by atoms with Crippen LogP contribution < -0.4 is 14.9 Å². The summed E-state index contributed by atoms with van der Waals surface area (Å²) in [5.74, 6) is 1.06. The second-order valence-electron chi connectivity index (χ2n) is 6.92. The van der Waals surface area contributed by atoms with Crippen LogP contribution in [0.25, 0.3) is 0 Å². The van der Waals surface area contributed by atoms with Gasteiger partial charge in [0.15, 0.2) is 6.61 Å². The Morgan fingerprint density at radius 2 is 1.65 bits per heavy atom. The Morgan fingerprint density at radius 1 is 0.968 bits per heavy atom. The van der Waals surface area contributed by atoms with Crippen molar-refractivity contribution < 1.29 is 14.3 Å². The number of hydrogen-bond donors (Lipinski definition) is 1. The first kappa shape index (κ1) is 22.4. The minimum atomic E-state index is -0.325. The van der Waals surface area contributed by atoms with Gasteiger partial charge in [0.2, 0.25) is 0 Å². The van der Waals surface area contributed by atoms with Gasteiger partial charge in [0.1, 0.15) is 18.1 Å². The maximum atomic E-state index is 11.9. The molecule has 0 fully saturated rings. The lowest BCUT2D eigenvalue weighted by Crippen LogP contribution is -2.24. The first-order valence-electron chi connectivity index (χ1n) is 10.1. The number of benzene rings is 3. The summed E-state index contributed by atoms with van der Waals surface area (Å²) < 4.78 is 11.2. The number of hydrazone groups is 1. The van der Waals surface area contributed by atoms with Gasteiger partial charge in [-0.15, -0.1) is 0 Å². The summed E-state index contributed by atoms with van der Waals surface area (Å²) in [5.41, 5.74) is 5.47. The van der Waals surface area contributed by atoms with E-state index in [1.54, 1.807) is 6.21 Å². The molecule has 1 amide bonds. The molecule has 0 bridgehead atoms. The second kappa shape index (κ2) is 11.8. The lowest BCUT2D eigenvalue weighted by atomic mass is 10.1. The smallest absolute Gasteiger partial charge is 0.277 e. The van der Waals surface area contributed by atoms with Crippen LogP contribution in [-0.4, -0.2) is 18.7 Å². The summed E-state index contributed by atoms with van der Waals surface area (Å²) in [5, 5.41) is 4.64. The van der Waals surface area contributed by atoms with Gasteiger partial charge in [0.25, 0.3) is 5.91 Å². The quantitative estimate of drug-likeness (QED) is 0.342. The molecule has 1 N–H and O–H groups in total. The number of nitrogens with zero attached hydrogens (tertiary/aromatic N) is 1. The van der Waals surface area contributed by atoms with Crippen molar-refractivity contribution in [2.24, 2.45) is 5.10 Å². The summed E-state index contributed by atoms with van der Waals surface area (Å²) in [4.78, 5) is 11.9. The number of carbonyl (C=O) groups excluding carboxylic acids is 1. The number of hydrogen-bond acceptors (Lipinski definition) is 4. The predicted octanol–water partition coefficient (Wildman–Crippen LogP) is 5.40. The average Bonchev–Trinajstić information content (AvgIpc) is 2.79. The van der Waals surface area contributed by atoms with Gasteiger partial charge in [-0.05, 0) is 60.0 Å². The molecule has 3 aromatic carbocycles. The van der Waals surface area contributed by atoms with Crippen LogP contribution in [-0.2, 0) is 17.8 Å². The minimum Gasteiger partial charge on any atom is -0.489 e. The average molecular weight is 437 g/mol. The van der Waals surface area contributed by atoms with Gasteiger partial charge in [-0.1, -0.05) is 55.3 Å². The van der Waals surface area contributed by atoms with Crippen LogP contribution in [0.15, 0.2) is 77.9 Å². The fraction of sp³-hybridized carbons (Fsp3) is 0.200. The Balaban J connectivity index is 1.40. The molecule has 0 saturated carbocycles. The van der Waals surface area contributed by atoms with Crippen molar-refractivity contribution in [2.75, 3.05) is 6.61 Å². The van der Waals surface area contributed by atoms with E-state index in [-0.39, 0.29) is 12.5 Å². The van der Waals surface area contributed by atoms with Crippen LogP contribution in [0.2, 0.25) is 5.02 Å². The van der Waals surface area contributed by atoms with Crippen molar-refractivity contribution in [3.05, 3.63) is 94.5 Å². The van der Waals surface area contributed by atoms with Crippen LogP contribution in [0.3, 0.4) is 0 Å². The highest BCUT2D eigenvalue weighted by atomic mass is 35.5. The van der Waals surface area contributed by atoms with Crippen molar-refractivity contribution in [2.45, 2.75) is 26.4 Å². The molecule has 6 heteroatoms. The number of rotatable bonds is 10. The molecule has 160 valence electrons. The number of halogens is 1. The second-order valence-corrected chi connectivity index (χ2v) is 7.33. The molecular formula is C25H25ClN2O3. The molecule has 0 heterocycles. The Labute approximate surface area is 187 Å². The Kier molecular flexibility index (Phi) is 8.49. The van der Waals surface area contributed by atoms with Crippen LogP contribution in [0.4, 0.5) is 0 Å². The zero-order valence-corrected chi connectivity index (χ0v) is 18.1. The standard InChI is InChI=1S/C25H25ClN2O3/c1-2-5-19-8-12-23(13-9-19)31-18-25(29)28-27-16-20-10-14-22(15-11-20)30-17-21-6-3-4-7-24(21)26/h3-4,6-16H,2,5,17-18H2,1H3,(H,28,29)/b27-16+. The van der Waals surface area contributed by atoms with Gasteiger partial charge >= 0.3 is 0 Å². The lowest BCUT2D eigenvalue weighted by molar-refractivity contribution is -0.123. The van der Waals surface area contributed by atoms with E-state index in [4.69, 9.17) is 21.1 Å². The van der Waals surface area contributed by atoms with Crippen LogP contribution in [0.5, 0.6) is 11.5 Å². The highest BCUT2D eigenvalue weighted by Gasteiger charge is 2.03. The fourth-order valence-electron chi connectivity index (χ4n) is 2.83. The molecule has 3 aromatic rings. The van der Waals surface area contributed by atoms with Crippen molar-refractivity contribution in [1.82, 2.24) is 5.43 Å². The minimum absolute atomic E-state index is 0.0979. The largest absolute Gasteiger partial charge is 0.489 e. The van der Waals surface area contributed by atoms with E-state index in [1.165, 1.54) is 5.56 Å². The van der Waals surface area contributed by atoms with Gasteiger partial charge in [0.05, 0.1) is 6.21 Å². The molecule has 0 unspecified atom stereocenters. The predicted molar refractivity (Wildman–Crippen MR) is 124 cm³/mol. The van der Waals surface area contributed by atoms with Crippen molar-refractivity contribution >= 4 is 23.7 Å². The first-order valence-corrected chi connectivity index (χ1v) is 10.5. The SMILES string of the molecule is CCCc1ccc(OCC(=O)N/N=C/c2ccc(OCc3ccccc3Cl)cc2)cc1. The number of carbonyl (C=O) groups is 1. The first-order chi connectivity index (χ1) is 15.1. The normalized spacial score (nSPS) is 10.8. The van der Waals surface area contributed by atoms with E-state index >= 15 is 0 Å². The fourth-order valence-corrected chi connectivity index (χ4v) is 3.02. The third kappa shape index (κ3) is 7.46. The highest BCUT2D eigenvalue weighted by Crippen LogP contribution is 2.18. The molecule has 0 saturated heterocycles. The Morgan fingerprint density at radius 3 is 2.35 bits per heavy atom. The zero-order chi connectivity index (χ0) is 21.9. The Bertz CT molecular complexity index is 1000. The van der Waals surface area contributed by atoms with Crippen molar-refractivity contribution in [3.8, 4) is 11.5 Å². The van der Waals surface area contributed by atoms with Gasteiger partial charge in [-0.25, -0.2) is 5.43 Å². The molecule has 0 aliphatic carbocycles. The zero-order valence-electron chi connectivity index (χ0n) is 17.4. The van der Waals surface area contributed by atoms with E-state index in [0.29, 0.717) is 17.4 Å². The molecule has 0 radical (unpaired) electrons. The van der Waals surface area contributed by atoms with Crippen molar-refractivity contribution in [3.63, 3.8) is 0 Å². The molecule has 0 aliphatic rings. The van der Waals surface area contributed by atoms with Gasteiger partial charge in [-0.2, -0.15) is 5.10 Å². The topological polar surface area (TPSA) is 59.9 Å². The van der Waals surface area contributed by atoms with Gasteiger partial charge in [-0.3, -0.25) is 4.79 Å². The summed E-state index contributed by atoms with van der Waals surface area (Å²) >= 11 is 6.13. The third-order valence-electron chi connectivity index (χ3n) is 4.47. The van der Waals surface area contributed by atoms with E-state index in [9.17, 15) is 4.79 Å². The molecule has 0 aliphatic heterocycles. The molecule has 5 nitrogen and oxygen atoms in total. The van der Waals surface area contributed by atoms with Crippen LogP contribution >= 0.6 is 11.6 Å². The third-order valence-corrected chi connectivity index (χ3v) is 4.84. The molecule has 0 aromatic heterocycles. The molecule has 0 spiro atoms. The lowest BCUT2D eigenvalue weighted by Gasteiger charge is -2.08. The molecule has 0 atom stereocenters. The maximum absolute atomic E-state index is 11.9. The van der Waals surface area contributed by atoms with E-state index in [1.807, 2.05) is 72.8 Å². The summed E-state index contributed by atoms with van der Waals surface area (Å²) in [6, 6.07) is 22.7. The Hall–Kier alpha value is -3.31. The number of aryl methyl sites for hydroxylation is 1. The van der Waals surface area contributed by atoms with Crippen LogP contribution in [0.1, 0.15) is 30.0 Å². The van der Waals surface area contributed by atoms with E-state index in [0.717, 1.165) is 29.7 Å². The van der Waals surface area contributed by atoms with Crippen LogP contribution in [0, 0.1) is 0 Å². The summed E-state index contributed by atoms with van der Waals surface area (Å²) in [6.07, 6.45) is 3.69. The maximum Gasteiger partial charge on any atom is 0.277 e. The van der Waals surface area contributed by atoms with Gasteiger partial charge < -0.3 is 9.47 Å². The summed E-state index contributed by atoms with van der Waals surface area (Å²) in [6.45, 7) is 2.43. The molecule has 3 rings (SSSR count). The van der Waals surface area contributed by atoms with E-state index in [2.05, 4.69) is 17.5 Å². The number of amides is 1. The van der Waals surface area contributed by atoms with Gasteiger partial charge in [0, 0.05) is 10.6 Å². The summed E-state index contributed by atoms with van der Waals surface area (Å²) in [7, 11) is 0. The monoisotopic (exact) mass is 436 g/mol.